The first-order valence-electron chi connectivity index (χ1n) is 12.2. The Hall–Kier alpha value is -0.632. The first kappa shape index (κ1) is 40.5. The fourth-order valence-electron chi connectivity index (χ4n) is 3.61. The van der Waals surface area contributed by atoms with Crippen LogP contribution >= 0.6 is 97.7 Å². The summed E-state index contributed by atoms with van der Waals surface area (Å²) < 4.78 is 17.3. The summed E-state index contributed by atoms with van der Waals surface area (Å²) in [6.07, 6.45) is 6.08. The molecule has 0 unspecified atom stereocenters. The molecular formula is C20H24MoN10O4S10. The molecule has 2 N–H and O–H groups in total. The van der Waals surface area contributed by atoms with Gasteiger partial charge in [-0.1, -0.05) is 0 Å². The second kappa shape index (κ2) is 21.4. The molecule has 0 atom stereocenters. The van der Waals surface area contributed by atoms with Crippen LogP contribution < -0.4 is 0 Å². The van der Waals surface area contributed by atoms with Crippen LogP contribution in [0.2, 0.25) is 0 Å². The van der Waals surface area contributed by atoms with Crippen molar-refractivity contribution < 1.29 is 34.9 Å². The normalized spacial score (nSPS) is 14.6. The maximum atomic E-state index is 12.5. The molecule has 25 heteroatoms. The molecule has 0 aromatic carbocycles. The van der Waals surface area contributed by atoms with Crippen LogP contribution in [0, 0.1) is 0 Å². The summed E-state index contributed by atoms with van der Waals surface area (Å²) in [4.78, 5) is 38.5. The van der Waals surface area contributed by atoms with Crippen LogP contribution in [-0.4, -0.2) is 128 Å². The number of amides is 2. The van der Waals surface area contributed by atoms with Crippen molar-refractivity contribution in [1.82, 2.24) is 50.2 Å². The summed E-state index contributed by atoms with van der Waals surface area (Å²) in [6.45, 7) is 2.91. The average molecular weight is 885 g/mol. The van der Waals surface area contributed by atoms with E-state index < -0.39 is 30.3 Å². The molecule has 2 aromatic heterocycles. The number of hydrogen-bond donors (Lipinski definition) is 4. The second-order valence-corrected chi connectivity index (χ2v) is 15.1. The Balaban J connectivity index is 0.000000288. The first-order chi connectivity index (χ1) is 21.5. The molecule has 0 bridgehead atoms. The average Bonchev–Trinajstić information content (AvgIpc) is 3.74. The number of thiol groups is 2. The third kappa shape index (κ3) is 12.4. The Morgan fingerprint density at radius 3 is 1.29 bits per heavy atom. The van der Waals surface area contributed by atoms with E-state index in [1.807, 2.05) is 33.5 Å². The maximum absolute atomic E-state index is 12.5. The molecule has 0 spiro atoms. The van der Waals surface area contributed by atoms with E-state index >= 15 is 0 Å². The van der Waals surface area contributed by atoms with Crippen molar-refractivity contribution in [2.45, 2.75) is 0 Å². The van der Waals surface area contributed by atoms with Gasteiger partial charge in [-0.25, -0.2) is 20.0 Å². The van der Waals surface area contributed by atoms with Crippen LogP contribution in [-0.2, 0) is 50.5 Å². The zero-order valence-corrected chi connectivity index (χ0v) is 33.1. The standard InChI is InChI=1S/2C10H13N5OS5.Mo.2O/c2*16-8(7-11-1-2-12-7)14(9(17)18)15(10(19)20)13-3-5-21-6-4-13;;;/h2*1-2H,3-6H2,(H,11,12)(H,17,18)(H,19,20);;;/q;;+2;;/p-2. The Morgan fingerprint density at radius 1 is 0.756 bits per heavy atom. The number of rotatable bonds is 4. The fourth-order valence-corrected chi connectivity index (χ4v) is 6.84. The van der Waals surface area contributed by atoms with Crippen molar-refractivity contribution in [3.05, 3.63) is 36.4 Å². The number of nitrogens with one attached hydrogen (secondary N) is 2. The molecule has 0 radical (unpaired) electrons. The minimum absolute atomic E-state index is 0.0361. The van der Waals surface area contributed by atoms with Gasteiger partial charge in [-0.2, -0.15) is 43.8 Å². The van der Waals surface area contributed by atoms with Crippen molar-refractivity contribution >= 4 is 152 Å². The molecule has 2 aliphatic rings. The van der Waals surface area contributed by atoms with E-state index in [1.54, 1.807) is 12.4 Å². The van der Waals surface area contributed by atoms with Crippen molar-refractivity contribution in [1.29, 1.82) is 0 Å². The number of aromatic nitrogens is 4. The molecule has 2 saturated heterocycles. The second-order valence-electron chi connectivity index (χ2n) is 7.99. The van der Waals surface area contributed by atoms with E-state index in [1.165, 1.54) is 22.6 Å². The minimum atomic E-state index is -2.03. The van der Waals surface area contributed by atoms with Crippen LogP contribution in [0.5, 0.6) is 0 Å². The van der Waals surface area contributed by atoms with Crippen molar-refractivity contribution in [3.63, 3.8) is 0 Å². The van der Waals surface area contributed by atoms with Crippen molar-refractivity contribution in [2.75, 3.05) is 49.2 Å². The number of aromatic amines is 2. The van der Waals surface area contributed by atoms with Gasteiger partial charge in [0.25, 0.3) is 0 Å². The van der Waals surface area contributed by atoms with Gasteiger partial charge in [-0.3, -0.25) is 9.59 Å². The van der Waals surface area contributed by atoms with Crippen molar-refractivity contribution in [3.8, 4) is 0 Å². The molecular weight excluding hydrogens is 861 g/mol. The summed E-state index contributed by atoms with van der Waals surface area (Å²) in [5.41, 5.74) is 0. The van der Waals surface area contributed by atoms with Crippen LogP contribution in [0.3, 0.4) is 0 Å². The number of thioether (sulfide) groups is 2. The van der Waals surface area contributed by atoms with Gasteiger partial charge in [0.1, 0.15) is 0 Å². The summed E-state index contributed by atoms with van der Waals surface area (Å²) in [5, 5.41) is 9.02. The first-order valence-corrected chi connectivity index (χ1v) is 19.5. The Morgan fingerprint density at radius 2 is 1.07 bits per heavy atom. The van der Waals surface area contributed by atoms with E-state index in [-0.39, 0.29) is 28.9 Å². The quantitative estimate of drug-likeness (QED) is 0.117. The van der Waals surface area contributed by atoms with Gasteiger partial charge in [-0.05, 0) is 33.1 Å². The third-order valence-corrected chi connectivity index (χ3v) is 8.63. The zero-order chi connectivity index (χ0) is 33.5. The number of nitrogens with zero attached hydrogens (tertiary/aromatic N) is 8. The van der Waals surface area contributed by atoms with Gasteiger partial charge in [0, 0.05) is 74.0 Å². The van der Waals surface area contributed by atoms with Crippen LogP contribution in [0.4, 0.5) is 0 Å². The third-order valence-electron chi connectivity index (χ3n) is 5.36. The van der Waals surface area contributed by atoms with E-state index in [4.69, 9.17) is 80.9 Å². The van der Waals surface area contributed by atoms with Gasteiger partial charge >= 0.3 is 37.1 Å². The zero-order valence-electron chi connectivity index (χ0n) is 22.7. The Bertz CT molecular complexity index is 1260. The van der Waals surface area contributed by atoms with Crippen molar-refractivity contribution in [2.24, 2.45) is 0 Å². The topological polar surface area (TPSA) is 145 Å². The molecule has 2 aliphatic heterocycles. The van der Waals surface area contributed by atoms with Crippen LogP contribution in [0.1, 0.15) is 21.2 Å². The van der Waals surface area contributed by atoms with Crippen LogP contribution in [0.25, 0.3) is 0 Å². The molecule has 0 saturated carbocycles. The number of carbonyl (C=O) groups is 2. The molecule has 4 heterocycles. The fraction of sp³-hybridized carbons (Fsp3) is 0.400. The van der Waals surface area contributed by atoms with Gasteiger partial charge in [0.05, 0.1) is 0 Å². The van der Waals surface area contributed by atoms with E-state index in [0.29, 0.717) is 0 Å². The van der Waals surface area contributed by atoms with Gasteiger partial charge < -0.3 is 59.7 Å². The molecule has 0 aliphatic carbocycles. The summed E-state index contributed by atoms with van der Waals surface area (Å²) >= 11 is 40.5. The van der Waals surface area contributed by atoms with Gasteiger partial charge in [0.2, 0.25) is 0 Å². The number of hydrogen-bond acceptors (Lipinski definition) is 16. The summed E-state index contributed by atoms with van der Waals surface area (Å²) in [5.74, 6) is 3.08. The Labute approximate surface area is 319 Å². The molecule has 14 nitrogen and oxygen atoms in total. The monoisotopic (exact) mass is 886 g/mol. The number of H-pyrrole nitrogens is 2. The molecule has 2 fully saturated rings. The predicted molar refractivity (Wildman–Crippen MR) is 195 cm³/mol. The predicted octanol–water partition coefficient (Wildman–Crippen LogP) is 1.92. The van der Waals surface area contributed by atoms with E-state index in [2.05, 4.69) is 45.2 Å². The number of hydrazine groups is 4. The number of imidazole rings is 2. The summed E-state index contributed by atoms with van der Waals surface area (Å²) in [6, 6.07) is 0. The molecule has 244 valence electrons. The number of thiocarbonyl (C=S) groups is 4. The Kier molecular flexibility index (Phi) is 19.2. The summed E-state index contributed by atoms with van der Waals surface area (Å²) in [7, 11) is 0. The van der Waals surface area contributed by atoms with E-state index in [9.17, 15) is 9.59 Å². The van der Waals surface area contributed by atoms with E-state index in [0.717, 1.165) is 59.2 Å². The van der Waals surface area contributed by atoms with Gasteiger partial charge in [0.15, 0.2) is 20.3 Å². The van der Waals surface area contributed by atoms with Crippen LogP contribution in [0.15, 0.2) is 24.8 Å². The SMILES string of the molecule is O=C(c1ncc[nH]1)N(C(=S)[S-])N(C(=S)S)N1CCSCC1.O=C(c1ncc[nH]1)N(C(=S)[S-])N(C(=S)S)N1CCSCC1.[O]=[Mo+2]=[O]. The number of carbonyl (C=O) groups excluding carboxylic acids is 2. The molecule has 45 heavy (non-hydrogen) atoms. The molecule has 2 aromatic rings. The molecule has 4 rings (SSSR count). The molecule has 2 amide bonds. The van der Waals surface area contributed by atoms with Gasteiger partial charge in [-0.15, -0.1) is 25.3 Å².